The minimum absolute atomic E-state index is 0.380. The molecule has 110 valence electrons. The molecule has 2 aliphatic rings. The lowest BCUT2D eigenvalue weighted by molar-refractivity contribution is 0.151. The van der Waals surface area contributed by atoms with Crippen molar-refractivity contribution in [2.45, 2.75) is 57.0 Å². The average molecular weight is 272 g/mol. The smallest absolute Gasteiger partial charge is 0.0253 e. The van der Waals surface area contributed by atoms with Gasteiger partial charge in [0.2, 0.25) is 0 Å². The Kier molecular flexibility index (Phi) is 4.42. The molecule has 1 saturated heterocycles. The maximum Gasteiger partial charge on any atom is 0.0253 e. The summed E-state index contributed by atoms with van der Waals surface area (Å²) in [6, 6.07) is 12.0. The average Bonchev–Trinajstić information content (AvgIpc) is 2.97. The molecule has 1 heterocycles. The van der Waals surface area contributed by atoms with Crippen LogP contribution in [0, 0.1) is 5.92 Å². The van der Waals surface area contributed by atoms with Crippen LogP contribution >= 0.6 is 0 Å². The van der Waals surface area contributed by atoms with E-state index >= 15 is 0 Å². The molecular formula is C18H28N2. The number of benzene rings is 1. The van der Waals surface area contributed by atoms with Gasteiger partial charge >= 0.3 is 0 Å². The van der Waals surface area contributed by atoms with E-state index in [1.165, 1.54) is 50.8 Å². The molecule has 1 aromatic rings. The zero-order chi connectivity index (χ0) is 13.9. The van der Waals surface area contributed by atoms with Gasteiger partial charge in [-0.15, -0.1) is 0 Å². The molecule has 0 amide bonds. The Morgan fingerprint density at radius 1 is 1.15 bits per heavy atom. The summed E-state index contributed by atoms with van der Waals surface area (Å²) in [6.45, 7) is 4.86. The number of hydrogen-bond donors (Lipinski definition) is 1. The molecule has 1 aromatic carbocycles. The summed E-state index contributed by atoms with van der Waals surface area (Å²) in [5.74, 6) is 1.61. The highest BCUT2D eigenvalue weighted by molar-refractivity contribution is 5.21. The molecule has 0 bridgehead atoms. The molecule has 2 N–H and O–H groups in total. The fraction of sp³-hybridized carbons (Fsp3) is 0.667. The largest absolute Gasteiger partial charge is 0.326 e. The van der Waals surface area contributed by atoms with Gasteiger partial charge in [-0.05, 0) is 49.6 Å². The van der Waals surface area contributed by atoms with Gasteiger partial charge in [0.15, 0.2) is 0 Å². The van der Waals surface area contributed by atoms with Crippen molar-refractivity contribution < 1.29 is 0 Å². The second-order valence-corrected chi connectivity index (χ2v) is 6.71. The van der Waals surface area contributed by atoms with Crippen LogP contribution in [0.4, 0.5) is 0 Å². The van der Waals surface area contributed by atoms with Gasteiger partial charge in [0, 0.05) is 18.6 Å². The normalized spacial score (nSPS) is 35.3. The van der Waals surface area contributed by atoms with Gasteiger partial charge in [-0.2, -0.15) is 0 Å². The highest BCUT2D eigenvalue weighted by Crippen LogP contribution is 2.36. The molecule has 1 aliphatic heterocycles. The Hall–Kier alpha value is -0.860. The van der Waals surface area contributed by atoms with Crippen LogP contribution in [0.25, 0.3) is 0 Å². The fourth-order valence-electron chi connectivity index (χ4n) is 4.12. The van der Waals surface area contributed by atoms with Crippen molar-refractivity contribution in [3.8, 4) is 0 Å². The number of nitrogens with zero attached hydrogens (tertiary/aromatic N) is 1. The van der Waals surface area contributed by atoms with E-state index in [2.05, 4.69) is 42.2 Å². The number of nitrogens with two attached hydrogens (primary N) is 1. The van der Waals surface area contributed by atoms with Crippen molar-refractivity contribution in [1.29, 1.82) is 0 Å². The third kappa shape index (κ3) is 2.91. The Labute approximate surface area is 123 Å². The second-order valence-electron chi connectivity index (χ2n) is 6.71. The van der Waals surface area contributed by atoms with Crippen molar-refractivity contribution in [1.82, 2.24) is 4.90 Å². The number of hydrogen-bond acceptors (Lipinski definition) is 2. The zero-order valence-corrected chi connectivity index (χ0v) is 12.7. The quantitative estimate of drug-likeness (QED) is 0.914. The van der Waals surface area contributed by atoms with E-state index in [1.54, 1.807) is 0 Å². The van der Waals surface area contributed by atoms with E-state index in [9.17, 15) is 0 Å². The van der Waals surface area contributed by atoms with Crippen LogP contribution in [-0.2, 0) is 0 Å². The third-order valence-electron chi connectivity index (χ3n) is 5.50. The second kappa shape index (κ2) is 6.28. The van der Waals surface area contributed by atoms with Crippen molar-refractivity contribution in [2.24, 2.45) is 11.7 Å². The first-order valence-electron chi connectivity index (χ1n) is 8.32. The standard InChI is InChI=1S/C18H28N2/c1-2-14-10-11-20(13-14)18-12-16(8-9-17(18)19)15-6-4-3-5-7-15/h3-7,14,16-18H,2,8-13,19H2,1H3. The SMILES string of the molecule is CCC1CCN(C2CC(c3ccccc3)CCC2N)C1. The number of rotatable bonds is 3. The van der Waals surface area contributed by atoms with E-state index in [0.717, 1.165) is 5.92 Å². The predicted octanol–water partition coefficient (Wildman–Crippen LogP) is 3.38. The maximum atomic E-state index is 6.44. The zero-order valence-electron chi connectivity index (χ0n) is 12.7. The molecule has 1 aliphatic carbocycles. The summed E-state index contributed by atoms with van der Waals surface area (Å²) in [5.41, 5.74) is 7.95. The molecule has 1 saturated carbocycles. The minimum atomic E-state index is 0.380. The van der Waals surface area contributed by atoms with Crippen LogP contribution < -0.4 is 5.73 Å². The summed E-state index contributed by atoms with van der Waals surface area (Å²) >= 11 is 0. The molecule has 3 rings (SSSR count). The highest BCUT2D eigenvalue weighted by atomic mass is 15.2. The van der Waals surface area contributed by atoms with E-state index in [-0.39, 0.29) is 0 Å². The van der Waals surface area contributed by atoms with Gasteiger partial charge in [-0.3, -0.25) is 4.90 Å². The Morgan fingerprint density at radius 3 is 2.65 bits per heavy atom. The molecule has 0 radical (unpaired) electrons. The molecule has 2 nitrogen and oxygen atoms in total. The Bertz CT molecular complexity index is 417. The topological polar surface area (TPSA) is 29.3 Å². The Morgan fingerprint density at radius 2 is 1.95 bits per heavy atom. The summed E-state index contributed by atoms with van der Waals surface area (Å²) < 4.78 is 0. The summed E-state index contributed by atoms with van der Waals surface area (Å²) in [4.78, 5) is 2.69. The highest BCUT2D eigenvalue weighted by Gasteiger charge is 2.35. The molecule has 0 aromatic heterocycles. The van der Waals surface area contributed by atoms with Crippen molar-refractivity contribution in [2.75, 3.05) is 13.1 Å². The molecule has 20 heavy (non-hydrogen) atoms. The van der Waals surface area contributed by atoms with Crippen molar-refractivity contribution in [3.63, 3.8) is 0 Å². The molecule has 2 fully saturated rings. The molecule has 2 heteroatoms. The molecule has 4 atom stereocenters. The van der Waals surface area contributed by atoms with E-state index in [0.29, 0.717) is 18.0 Å². The van der Waals surface area contributed by atoms with E-state index < -0.39 is 0 Å². The Balaban J connectivity index is 1.68. The first-order valence-corrected chi connectivity index (χ1v) is 8.32. The van der Waals surface area contributed by atoms with Crippen molar-refractivity contribution in [3.05, 3.63) is 35.9 Å². The predicted molar refractivity (Wildman–Crippen MR) is 84.8 cm³/mol. The van der Waals surface area contributed by atoms with Crippen LogP contribution in [0.3, 0.4) is 0 Å². The fourth-order valence-corrected chi connectivity index (χ4v) is 4.12. The maximum absolute atomic E-state index is 6.44. The lowest BCUT2D eigenvalue weighted by Crippen LogP contribution is -2.50. The van der Waals surface area contributed by atoms with Crippen LogP contribution in [0.2, 0.25) is 0 Å². The van der Waals surface area contributed by atoms with Crippen LogP contribution in [0.1, 0.15) is 50.5 Å². The molecule has 4 unspecified atom stereocenters. The van der Waals surface area contributed by atoms with Crippen molar-refractivity contribution >= 4 is 0 Å². The third-order valence-corrected chi connectivity index (χ3v) is 5.50. The monoisotopic (exact) mass is 272 g/mol. The van der Waals surface area contributed by atoms with Crippen LogP contribution in [0.15, 0.2) is 30.3 Å². The van der Waals surface area contributed by atoms with Gasteiger partial charge in [0.05, 0.1) is 0 Å². The van der Waals surface area contributed by atoms with Crippen LogP contribution in [0.5, 0.6) is 0 Å². The van der Waals surface area contributed by atoms with Gasteiger partial charge < -0.3 is 5.73 Å². The molecule has 0 spiro atoms. The number of likely N-dealkylation sites (tertiary alicyclic amines) is 1. The van der Waals surface area contributed by atoms with Gasteiger partial charge in [-0.25, -0.2) is 0 Å². The summed E-state index contributed by atoms with van der Waals surface area (Å²) in [7, 11) is 0. The minimum Gasteiger partial charge on any atom is -0.326 e. The summed E-state index contributed by atoms with van der Waals surface area (Å²) in [5, 5.41) is 0. The van der Waals surface area contributed by atoms with E-state index in [1.807, 2.05) is 0 Å². The van der Waals surface area contributed by atoms with Gasteiger partial charge in [0.25, 0.3) is 0 Å². The lowest BCUT2D eigenvalue weighted by Gasteiger charge is -2.40. The van der Waals surface area contributed by atoms with Gasteiger partial charge in [0.1, 0.15) is 0 Å². The van der Waals surface area contributed by atoms with Crippen LogP contribution in [-0.4, -0.2) is 30.1 Å². The first kappa shape index (κ1) is 14.1. The lowest BCUT2D eigenvalue weighted by atomic mass is 9.78. The summed E-state index contributed by atoms with van der Waals surface area (Å²) in [6.07, 6.45) is 6.38. The van der Waals surface area contributed by atoms with Gasteiger partial charge in [-0.1, -0.05) is 43.7 Å². The first-order chi connectivity index (χ1) is 9.78. The molecular weight excluding hydrogens is 244 g/mol. The van der Waals surface area contributed by atoms with E-state index in [4.69, 9.17) is 5.73 Å².